The highest BCUT2D eigenvalue weighted by molar-refractivity contribution is 5.94. The van der Waals surface area contributed by atoms with E-state index in [-0.39, 0.29) is 5.78 Å². The van der Waals surface area contributed by atoms with E-state index in [1.807, 2.05) is 100 Å². The second-order valence-corrected chi connectivity index (χ2v) is 10.8. The molecule has 0 unspecified atom stereocenters. The van der Waals surface area contributed by atoms with Gasteiger partial charge < -0.3 is 14.6 Å². The van der Waals surface area contributed by atoms with Crippen LogP contribution in [0.1, 0.15) is 57.6 Å². The molecule has 5 aromatic rings. The van der Waals surface area contributed by atoms with Crippen LogP contribution in [0.5, 0.6) is 28.7 Å². The largest absolute Gasteiger partial charge is 0.507 e. The van der Waals surface area contributed by atoms with E-state index in [4.69, 9.17) is 9.47 Å². The van der Waals surface area contributed by atoms with Crippen LogP contribution in [0.2, 0.25) is 0 Å². The Balaban J connectivity index is 0.000000359. The molecule has 0 fully saturated rings. The maximum absolute atomic E-state index is 11.4. The minimum absolute atomic E-state index is 0.0442. The molecule has 0 saturated carbocycles. The van der Waals surface area contributed by atoms with Gasteiger partial charge in [0.1, 0.15) is 28.7 Å². The lowest BCUT2D eigenvalue weighted by atomic mass is 10.0. The summed E-state index contributed by atoms with van der Waals surface area (Å²) in [5, 5.41) is 9.33. The van der Waals surface area contributed by atoms with Gasteiger partial charge in [-0.2, -0.15) is 0 Å². The number of allylic oxidation sites excluding steroid dienone is 1. The molecule has 4 heteroatoms. The van der Waals surface area contributed by atoms with Gasteiger partial charge >= 0.3 is 0 Å². The molecular formula is C39H38O4. The van der Waals surface area contributed by atoms with E-state index in [1.54, 1.807) is 19.1 Å². The highest BCUT2D eigenvalue weighted by Gasteiger charge is 2.04. The van der Waals surface area contributed by atoms with Crippen molar-refractivity contribution >= 4 is 11.4 Å². The van der Waals surface area contributed by atoms with Crippen molar-refractivity contribution in [3.8, 4) is 28.7 Å². The van der Waals surface area contributed by atoms with Crippen LogP contribution in [-0.2, 0) is 6.42 Å². The van der Waals surface area contributed by atoms with Crippen molar-refractivity contribution < 1.29 is 19.4 Å². The van der Waals surface area contributed by atoms with E-state index in [1.165, 1.54) is 16.7 Å². The van der Waals surface area contributed by atoms with E-state index >= 15 is 0 Å². The van der Waals surface area contributed by atoms with Crippen LogP contribution in [0, 0.1) is 20.8 Å². The number of rotatable bonds is 8. The smallest absolute Gasteiger partial charge is 0.159 e. The summed E-state index contributed by atoms with van der Waals surface area (Å²) in [5.41, 5.74) is 8.33. The van der Waals surface area contributed by atoms with Gasteiger partial charge in [0.15, 0.2) is 5.78 Å². The molecule has 1 N–H and O–H groups in total. The van der Waals surface area contributed by atoms with Crippen molar-refractivity contribution in [3.63, 3.8) is 0 Å². The normalized spacial score (nSPS) is 10.3. The zero-order valence-corrected chi connectivity index (χ0v) is 25.5. The Morgan fingerprint density at radius 2 is 0.953 bits per heavy atom. The van der Waals surface area contributed by atoms with Gasteiger partial charge in [-0.25, -0.2) is 0 Å². The number of hydrogen-bond acceptors (Lipinski definition) is 4. The number of carbonyl (C=O) groups excluding carboxylic acids is 1. The van der Waals surface area contributed by atoms with E-state index in [9.17, 15) is 9.90 Å². The number of phenolic OH excluding ortho intramolecular Hbond substituents is 1. The Labute approximate surface area is 254 Å². The topological polar surface area (TPSA) is 55.8 Å². The average molecular weight is 571 g/mol. The van der Waals surface area contributed by atoms with Crippen molar-refractivity contribution in [2.45, 2.75) is 41.0 Å². The van der Waals surface area contributed by atoms with Crippen molar-refractivity contribution in [1.29, 1.82) is 0 Å². The Hall–Kier alpha value is -5.09. The number of ether oxygens (including phenoxy) is 2. The Kier molecular flexibility index (Phi) is 10.2. The summed E-state index contributed by atoms with van der Waals surface area (Å²) in [7, 11) is 0. The van der Waals surface area contributed by atoms with Gasteiger partial charge in [-0.3, -0.25) is 4.79 Å². The SMILES string of the molecule is C=C(C)c1ccc(Oc2ccc(Cc3ccc(Oc4ccc(C(C)=O)cc4)cc3)cc2)cc1.Cc1cc(C)c(O)c(C)c1. The number of Topliss-reactive ketones (excluding diaryl/α,β-unsaturated/α-hetero) is 1. The van der Waals surface area contributed by atoms with Gasteiger partial charge in [-0.15, -0.1) is 0 Å². The van der Waals surface area contributed by atoms with Gasteiger partial charge in [-0.1, -0.05) is 66.2 Å². The number of ketones is 1. The van der Waals surface area contributed by atoms with E-state index in [2.05, 4.69) is 30.8 Å². The Morgan fingerprint density at radius 1 is 0.605 bits per heavy atom. The van der Waals surface area contributed by atoms with Crippen molar-refractivity contribution in [3.05, 3.63) is 155 Å². The third-order valence-electron chi connectivity index (χ3n) is 6.97. The Morgan fingerprint density at radius 3 is 1.30 bits per heavy atom. The van der Waals surface area contributed by atoms with E-state index in [0.29, 0.717) is 17.1 Å². The average Bonchev–Trinajstić information content (AvgIpc) is 2.99. The molecule has 0 saturated heterocycles. The molecule has 0 amide bonds. The molecule has 5 rings (SSSR count). The lowest BCUT2D eigenvalue weighted by Gasteiger charge is -2.09. The molecule has 5 aromatic carbocycles. The molecule has 43 heavy (non-hydrogen) atoms. The van der Waals surface area contributed by atoms with E-state index < -0.39 is 0 Å². The quantitative estimate of drug-likeness (QED) is 0.189. The van der Waals surface area contributed by atoms with Gasteiger partial charge in [0.2, 0.25) is 0 Å². The lowest BCUT2D eigenvalue weighted by molar-refractivity contribution is 0.101. The zero-order valence-electron chi connectivity index (χ0n) is 25.5. The van der Waals surface area contributed by atoms with Crippen LogP contribution < -0.4 is 9.47 Å². The molecule has 0 bridgehead atoms. The van der Waals surface area contributed by atoms with Gasteiger partial charge in [0.05, 0.1) is 0 Å². The lowest BCUT2D eigenvalue weighted by Crippen LogP contribution is -1.92. The minimum Gasteiger partial charge on any atom is -0.507 e. The molecular weight excluding hydrogens is 532 g/mol. The van der Waals surface area contributed by atoms with Gasteiger partial charge in [0.25, 0.3) is 0 Å². The van der Waals surface area contributed by atoms with Crippen LogP contribution >= 0.6 is 0 Å². The third-order valence-corrected chi connectivity index (χ3v) is 6.97. The van der Waals surface area contributed by atoms with Crippen molar-refractivity contribution in [1.82, 2.24) is 0 Å². The zero-order chi connectivity index (χ0) is 30.9. The number of carbonyl (C=O) groups is 1. The van der Waals surface area contributed by atoms with Crippen LogP contribution in [0.25, 0.3) is 5.57 Å². The molecule has 0 atom stereocenters. The number of aromatic hydroxyl groups is 1. The van der Waals surface area contributed by atoms with Gasteiger partial charge in [-0.05, 0) is 130 Å². The predicted octanol–water partition coefficient (Wildman–Crippen LogP) is 10.4. The monoisotopic (exact) mass is 570 g/mol. The predicted molar refractivity (Wildman–Crippen MR) is 176 cm³/mol. The standard InChI is InChI=1S/C30H26O3.C9H12O/c1-21(2)25-8-16-29(17-9-25)32-27-12-4-23(5-13-27)20-24-6-14-28(15-7-24)33-30-18-10-26(11-19-30)22(3)31;1-6-4-7(2)9(10)8(3)5-6/h4-19H,1,20H2,2-3H3;4-5,10H,1-3H3. The molecule has 0 aliphatic heterocycles. The summed E-state index contributed by atoms with van der Waals surface area (Å²) in [6, 6.07) is 35.2. The highest BCUT2D eigenvalue weighted by Crippen LogP contribution is 2.26. The fourth-order valence-electron chi connectivity index (χ4n) is 4.60. The summed E-state index contributed by atoms with van der Waals surface area (Å²) < 4.78 is 11.8. The fraction of sp³-hybridized carbons (Fsp3) is 0.154. The number of benzene rings is 5. The minimum atomic E-state index is 0.0442. The van der Waals surface area contributed by atoms with Crippen LogP contribution in [0.15, 0.2) is 116 Å². The third kappa shape index (κ3) is 8.95. The summed E-state index contributed by atoms with van der Waals surface area (Å²) in [4.78, 5) is 11.4. The number of aryl methyl sites for hydroxylation is 3. The molecule has 4 nitrogen and oxygen atoms in total. The first kappa shape index (κ1) is 30.9. The molecule has 0 radical (unpaired) electrons. The van der Waals surface area contributed by atoms with Crippen LogP contribution in [0.4, 0.5) is 0 Å². The number of hydrogen-bond donors (Lipinski definition) is 1. The fourth-order valence-corrected chi connectivity index (χ4v) is 4.60. The first-order valence-corrected chi connectivity index (χ1v) is 14.2. The van der Waals surface area contributed by atoms with Crippen molar-refractivity contribution in [2.24, 2.45) is 0 Å². The van der Waals surface area contributed by atoms with Crippen molar-refractivity contribution in [2.75, 3.05) is 0 Å². The second kappa shape index (κ2) is 14.2. The van der Waals surface area contributed by atoms with E-state index in [0.717, 1.165) is 45.9 Å². The summed E-state index contributed by atoms with van der Waals surface area (Å²) in [6.45, 7) is 13.4. The summed E-state index contributed by atoms with van der Waals surface area (Å²) in [5.74, 6) is 3.54. The van der Waals surface area contributed by atoms with Crippen LogP contribution in [-0.4, -0.2) is 10.9 Å². The molecule has 0 spiro atoms. The first-order valence-electron chi connectivity index (χ1n) is 14.2. The molecule has 218 valence electrons. The number of phenols is 1. The molecule has 0 aliphatic carbocycles. The Bertz CT molecular complexity index is 1560. The summed E-state index contributed by atoms with van der Waals surface area (Å²) >= 11 is 0. The first-order chi connectivity index (χ1) is 20.6. The molecule has 0 aliphatic rings. The highest BCUT2D eigenvalue weighted by atomic mass is 16.5. The maximum atomic E-state index is 11.4. The van der Waals surface area contributed by atoms with Gasteiger partial charge in [0, 0.05) is 5.56 Å². The molecule has 0 aromatic heterocycles. The maximum Gasteiger partial charge on any atom is 0.159 e. The second-order valence-electron chi connectivity index (χ2n) is 10.8. The molecule has 0 heterocycles. The van der Waals surface area contributed by atoms with Crippen LogP contribution in [0.3, 0.4) is 0 Å². The summed E-state index contributed by atoms with van der Waals surface area (Å²) in [6.07, 6.45) is 0.821.